The number of rotatable bonds is 4. The molecule has 3 nitrogen and oxygen atoms in total. The lowest BCUT2D eigenvalue weighted by molar-refractivity contribution is 0.388. The number of aromatic nitrogens is 1. The van der Waals surface area contributed by atoms with Crippen molar-refractivity contribution in [1.82, 2.24) is 10.5 Å². The minimum atomic E-state index is 0.715. The average molecular weight is 243 g/mol. The fourth-order valence-corrected chi connectivity index (χ4v) is 2.30. The lowest BCUT2D eigenvalue weighted by atomic mass is 10.3. The van der Waals surface area contributed by atoms with E-state index in [9.17, 15) is 0 Å². The van der Waals surface area contributed by atoms with Gasteiger partial charge in [0.2, 0.25) is 0 Å². The zero-order valence-electron chi connectivity index (χ0n) is 8.29. The highest BCUT2D eigenvalue weighted by molar-refractivity contribution is 7.10. The molecular weight excluding hydrogens is 232 g/mol. The molecule has 0 saturated carbocycles. The predicted molar refractivity (Wildman–Crippen MR) is 61.1 cm³/mol. The van der Waals surface area contributed by atoms with Gasteiger partial charge in [-0.3, -0.25) is 0 Å². The Labute approximate surface area is 97.0 Å². The van der Waals surface area contributed by atoms with Crippen LogP contribution in [0.1, 0.15) is 16.3 Å². The summed E-state index contributed by atoms with van der Waals surface area (Å²) in [6, 6.07) is 3.89. The van der Waals surface area contributed by atoms with Crippen molar-refractivity contribution < 1.29 is 4.52 Å². The van der Waals surface area contributed by atoms with Gasteiger partial charge in [0.25, 0.3) is 0 Å². The second kappa shape index (κ2) is 4.79. The molecule has 2 aromatic heterocycles. The summed E-state index contributed by atoms with van der Waals surface area (Å²) >= 11 is 7.47. The molecule has 0 amide bonds. The van der Waals surface area contributed by atoms with Gasteiger partial charge in [-0.15, -0.1) is 11.3 Å². The second-order valence-corrected chi connectivity index (χ2v) is 4.70. The molecule has 15 heavy (non-hydrogen) atoms. The van der Waals surface area contributed by atoms with Crippen molar-refractivity contribution in [3.05, 3.63) is 38.9 Å². The van der Waals surface area contributed by atoms with Gasteiger partial charge >= 0.3 is 0 Å². The summed E-state index contributed by atoms with van der Waals surface area (Å²) in [7, 11) is 0. The minimum absolute atomic E-state index is 0.715. The molecule has 5 heteroatoms. The summed E-state index contributed by atoms with van der Waals surface area (Å²) in [5.74, 6) is 0.839. The Balaban J connectivity index is 1.80. The summed E-state index contributed by atoms with van der Waals surface area (Å²) in [6.45, 7) is 3.41. The van der Waals surface area contributed by atoms with Gasteiger partial charge in [0.1, 0.15) is 5.76 Å². The van der Waals surface area contributed by atoms with E-state index in [0.29, 0.717) is 6.54 Å². The highest BCUT2D eigenvalue weighted by Crippen LogP contribution is 2.18. The van der Waals surface area contributed by atoms with Crippen LogP contribution in [0, 0.1) is 6.92 Å². The summed E-state index contributed by atoms with van der Waals surface area (Å²) in [5.41, 5.74) is 0.926. The van der Waals surface area contributed by atoms with Gasteiger partial charge in [0.15, 0.2) is 0 Å². The van der Waals surface area contributed by atoms with Crippen LogP contribution in [0.3, 0.4) is 0 Å². The van der Waals surface area contributed by atoms with Crippen molar-refractivity contribution >= 4 is 22.9 Å². The number of nitrogens with zero attached hydrogens (tertiary/aromatic N) is 1. The summed E-state index contributed by atoms with van der Waals surface area (Å²) in [4.78, 5) is 1.22. The molecule has 0 atom stereocenters. The van der Waals surface area contributed by atoms with E-state index in [4.69, 9.17) is 16.1 Å². The lowest BCUT2D eigenvalue weighted by Gasteiger charge is -1.98. The van der Waals surface area contributed by atoms with E-state index >= 15 is 0 Å². The molecular formula is C10H11ClN2OS. The highest BCUT2D eigenvalue weighted by Gasteiger charge is 2.01. The van der Waals surface area contributed by atoms with E-state index in [0.717, 1.165) is 23.0 Å². The molecule has 1 N–H and O–H groups in total. The number of hydrogen-bond donors (Lipinski definition) is 1. The maximum Gasteiger partial charge on any atom is 0.133 e. The molecule has 0 fully saturated rings. The van der Waals surface area contributed by atoms with E-state index < -0.39 is 0 Å². The van der Waals surface area contributed by atoms with Gasteiger partial charge in [-0.05, 0) is 13.0 Å². The van der Waals surface area contributed by atoms with E-state index in [1.807, 2.05) is 24.4 Å². The Morgan fingerprint density at radius 3 is 2.93 bits per heavy atom. The molecule has 2 rings (SSSR count). The van der Waals surface area contributed by atoms with Crippen molar-refractivity contribution in [2.75, 3.05) is 0 Å². The fraction of sp³-hybridized carbons (Fsp3) is 0.300. The zero-order chi connectivity index (χ0) is 10.7. The molecule has 2 aromatic rings. The number of aryl methyl sites for hydroxylation is 1. The highest BCUT2D eigenvalue weighted by atomic mass is 35.5. The molecule has 0 saturated heterocycles. The summed E-state index contributed by atoms with van der Waals surface area (Å²) < 4.78 is 4.96. The molecule has 0 aliphatic carbocycles. The second-order valence-electron chi connectivity index (χ2n) is 3.26. The van der Waals surface area contributed by atoms with E-state index in [-0.39, 0.29) is 0 Å². The molecule has 0 aliphatic heterocycles. The summed E-state index contributed by atoms with van der Waals surface area (Å²) in [6.07, 6.45) is 0. The maximum absolute atomic E-state index is 5.81. The molecule has 2 heterocycles. The van der Waals surface area contributed by atoms with Gasteiger partial charge in [0, 0.05) is 29.4 Å². The monoisotopic (exact) mass is 242 g/mol. The van der Waals surface area contributed by atoms with Crippen molar-refractivity contribution in [2.24, 2.45) is 0 Å². The molecule has 0 unspecified atom stereocenters. The maximum atomic E-state index is 5.81. The van der Waals surface area contributed by atoms with Crippen molar-refractivity contribution in [3.8, 4) is 0 Å². The molecule has 0 aliphatic rings. The standard InChI is InChI=1S/C10H11ClN2OS/c1-7-2-9(13-14-7)4-12-5-10-3-8(11)6-15-10/h2-3,6,12H,4-5H2,1H3. The first kappa shape index (κ1) is 10.7. The minimum Gasteiger partial charge on any atom is -0.361 e. The first-order chi connectivity index (χ1) is 7.24. The van der Waals surface area contributed by atoms with Gasteiger partial charge in [-0.2, -0.15) is 0 Å². The Hall–Kier alpha value is -0.840. The molecule has 0 spiro atoms. The number of thiophene rings is 1. The van der Waals surface area contributed by atoms with Crippen LogP contribution in [-0.2, 0) is 13.1 Å². The van der Waals surface area contributed by atoms with Crippen LogP contribution >= 0.6 is 22.9 Å². The van der Waals surface area contributed by atoms with E-state index in [1.54, 1.807) is 11.3 Å². The number of hydrogen-bond acceptors (Lipinski definition) is 4. The predicted octanol–water partition coefficient (Wildman–Crippen LogP) is 2.99. The number of halogens is 1. The van der Waals surface area contributed by atoms with Crippen LogP contribution in [0.4, 0.5) is 0 Å². The molecule has 80 valence electrons. The zero-order valence-corrected chi connectivity index (χ0v) is 9.86. The van der Waals surface area contributed by atoms with Crippen LogP contribution in [0.15, 0.2) is 22.0 Å². The van der Waals surface area contributed by atoms with Gasteiger partial charge in [-0.25, -0.2) is 0 Å². The van der Waals surface area contributed by atoms with Gasteiger partial charge < -0.3 is 9.84 Å². The third-order valence-electron chi connectivity index (χ3n) is 1.90. The van der Waals surface area contributed by atoms with Crippen molar-refractivity contribution in [1.29, 1.82) is 0 Å². The number of nitrogens with one attached hydrogen (secondary N) is 1. The van der Waals surface area contributed by atoms with Crippen LogP contribution in [0.5, 0.6) is 0 Å². The lowest BCUT2D eigenvalue weighted by Crippen LogP contribution is -2.11. The normalized spacial score (nSPS) is 10.8. The first-order valence-corrected chi connectivity index (χ1v) is 5.85. The van der Waals surface area contributed by atoms with Gasteiger partial charge in [-0.1, -0.05) is 16.8 Å². The quantitative estimate of drug-likeness (QED) is 0.896. The molecule has 0 bridgehead atoms. The van der Waals surface area contributed by atoms with Gasteiger partial charge in [0.05, 0.1) is 10.7 Å². The van der Waals surface area contributed by atoms with E-state index in [1.165, 1.54) is 4.88 Å². The fourth-order valence-electron chi connectivity index (χ4n) is 1.26. The summed E-state index contributed by atoms with van der Waals surface area (Å²) in [5, 5.41) is 9.90. The van der Waals surface area contributed by atoms with Crippen LogP contribution in [0.2, 0.25) is 5.02 Å². The Morgan fingerprint density at radius 1 is 1.47 bits per heavy atom. The molecule has 0 radical (unpaired) electrons. The molecule has 0 aromatic carbocycles. The largest absolute Gasteiger partial charge is 0.361 e. The van der Waals surface area contributed by atoms with Crippen molar-refractivity contribution in [3.63, 3.8) is 0 Å². The SMILES string of the molecule is Cc1cc(CNCc2cc(Cl)cs2)no1. The Kier molecular flexibility index (Phi) is 3.41. The Morgan fingerprint density at radius 2 is 2.33 bits per heavy atom. The van der Waals surface area contributed by atoms with Crippen molar-refractivity contribution in [2.45, 2.75) is 20.0 Å². The third kappa shape index (κ3) is 3.06. The average Bonchev–Trinajstić information content (AvgIpc) is 2.76. The smallest absolute Gasteiger partial charge is 0.133 e. The van der Waals surface area contributed by atoms with Crippen LogP contribution in [-0.4, -0.2) is 5.16 Å². The Bertz CT molecular complexity index is 398. The van der Waals surface area contributed by atoms with E-state index in [2.05, 4.69) is 10.5 Å². The van der Waals surface area contributed by atoms with Crippen LogP contribution in [0.25, 0.3) is 0 Å². The topological polar surface area (TPSA) is 38.1 Å². The third-order valence-corrected chi connectivity index (χ3v) is 3.19. The first-order valence-electron chi connectivity index (χ1n) is 4.60. The van der Waals surface area contributed by atoms with Crippen LogP contribution < -0.4 is 5.32 Å².